The average Bonchev–Trinajstić information content (AvgIpc) is 3.28. The van der Waals surface area contributed by atoms with E-state index in [0.717, 1.165) is 57.7 Å². The molecule has 0 bridgehead atoms. The summed E-state index contributed by atoms with van der Waals surface area (Å²) in [5, 5.41) is 0.886. The summed E-state index contributed by atoms with van der Waals surface area (Å²) < 4.78 is 53.0. The van der Waals surface area contributed by atoms with Gasteiger partial charge in [0.1, 0.15) is 4.34 Å². The molecule has 3 aromatic rings. The Morgan fingerprint density at radius 3 is 2.64 bits per heavy atom. The van der Waals surface area contributed by atoms with Crippen LogP contribution in [0.4, 0.5) is 17.7 Å². The van der Waals surface area contributed by atoms with Crippen LogP contribution in [0.5, 0.6) is 0 Å². The van der Waals surface area contributed by atoms with Gasteiger partial charge in [-0.15, -0.1) is 22.7 Å². The quantitative estimate of drug-likeness (QED) is 0.199. The van der Waals surface area contributed by atoms with E-state index in [1.54, 1.807) is 24.8 Å². The Kier molecular flexibility index (Phi) is 8.80. The molecule has 1 atom stereocenters. The van der Waals surface area contributed by atoms with Crippen LogP contribution in [-0.2, 0) is 22.3 Å². The monoisotopic (exact) mass is 519 g/mol. The summed E-state index contributed by atoms with van der Waals surface area (Å²) in [6, 6.07) is 4.00. The van der Waals surface area contributed by atoms with Crippen molar-refractivity contribution >= 4 is 50.5 Å². The lowest BCUT2D eigenvalue weighted by atomic mass is 9.94. The molecular weight excluding hydrogens is 494 g/mol. The van der Waals surface area contributed by atoms with Crippen molar-refractivity contribution in [3.63, 3.8) is 0 Å². The van der Waals surface area contributed by atoms with Gasteiger partial charge in [0.05, 0.1) is 17.7 Å². The fourth-order valence-corrected chi connectivity index (χ4v) is 7.50. The number of thiophene rings is 1. The van der Waals surface area contributed by atoms with Crippen molar-refractivity contribution in [2.45, 2.75) is 69.3 Å². The first-order valence-corrected chi connectivity index (χ1v) is 13.3. The Balaban J connectivity index is 1.75. The van der Waals surface area contributed by atoms with Crippen LogP contribution in [0.3, 0.4) is 0 Å². The van der Waals surface area contributed by atoms with Crippen LogP contribution in [-0.4, -0.2) is 16.7 Å². The molecule has 0 saturated heterocycles. The highest BCUT2D eigenvalue weighted by Crippen LogP contribution is 2.42. The second kappa shape index (κ2) is 11.2. The zero-order valence-electron chi connectivity index (χ0n) is 18.6. The lowest BCUT2D eigenvalue weighted by Gasteiger charge is -2.16. The van der Waals surface area contributed by atoms with Crippen molar-refractivity contribution in [1.29, 1.82) is 0 Å². The second-order valence-electron chi connectivity index (χ2n) is 7.89. The van der Waals surface area contributed by atoms with Gasteiger partial charge in [0, 0.05) is 24.7 Å². The van der Waals surface area contributed by atoms with Crippen molar-refractivity contribution in [1.82, 2.24) is 4.98 Å². The summed E-state index contributed by atoms with van der Waals surface area (Å²) in [4.78, 5) is 20.7. The molecule has 0 amide bonds. The fourth-order valence-electron chi connectivity index (χ4n) is 3.74. The Morgan fingerprint density at radius 2 is 1.97 bits per heavy atom. The number of aromatic nitrogens is 1. The molecule has 0 fully saturated rings. The molecule has 180 valence electrons. The van der Waals surface area contributed by atoms with E-state index in [1.807, 2.05) is 6.92 Å². The standard InChI is InChI=1S/C23H25F4NO2S3/c1-4-5-6-15(9-10-31-22-28-14(3)18(33-22)12-20(29)30-27)21-13(2)17-8-7-16(23(24,25)26)11-19(17)32-21/h7-8,11,15H,4-6,9-10,12H2,1-3H3. The number of nitrogens with zero attached hydrogens (tertiary/aromatic N) is 1. The predicted molar refractivity (Wildman–Crippen MR) is 127 cm³/mol. The largest absolute Gasteiger partial charge is 0.416 e. The van der Waals surface area contributed by atoms with E-state index in [9.17, 15) is 22.5 Å². The van der Waals surface area contributed by atoms with Gasteiger partial charge in [-0.25, -0.2) is 9.78 Å². The number of alkyl halides is 3. The minimum absolute atomic E-state index is 0.138. The van der Waals surface area contributed by atoms with E-state index < -0.39 is 17.7 Å². The maximum absolute atomic E-state index is 13.1. The van der Waals surface area contributed by atoms with Gasteiger partial charge in [-0.05, 0) is 55.7 Å². The molecule has 1 unspecified atom stereocenters. The van der Waals surface area contributed by atoms with Crippen LogP contribution in [0.25, 0.3) is 10.1 Å². The summed E-state index contributed by atoms with van der Waals surface area (Å²) in [6.07, 6.45) is -0.558. The normalized spacial score (nSPS) is 12.9. The number of thiazole rings is 1. The SMILES string of the molecule is CCCCC(CCSc1nc(C)c(CC(=O)OF)s1)c1sc2cc(C(F)(F)F)ccc2c1C. The van der Waals surface area contributed by atoms with Gasteiger partial charge in [-0.1, -0.05) is 37.6 Å². The predicted octanol–water partition coefficient (Wildman–Crippen LogP) is 8.42. The van der Waals surface area contributed by atoms with Gasteiger partial charge in [0.2, 0.25) is 0 Å². The Labute approximate surface area is 202 Å². The zero-order chi connectivity index (χ0) is 24.2. The van der Waals surface area contributed by atoms with E-state index in [2.05, 4.69) is 16.8 Å². The molecule has 0 aliphatic rings. The first-order valence-electron chi connectivity index (χ1n) is 10.6. The molecule has 0 aliphatic carbocycles. The third-order valence-electron chi connectivity index (χ3n) is 5.54. The van der Waals surface area contributed by atoms with Crippen molar-refractivity contribution in [3.8, 4) is 0 Å². The molecule has 3 nitrogen and oxygen atoms in total. The molecule has 0 N–H and O–H groups in total. The van der Waals surface area contributed by atoms with Crippen LogP contribution in [0.15, 0.2) is 22.5 Å². The number of aryl methyl sites for hydroxylation is 2. The Bertz CT molecular complexity index is 1110. The summed E-state index contributed by atoms with van der Waals surface area (Å²) in [5.41, 5.74) is 1.14. The Morgan fingerprint density at radius 1 is 1.21 bits per heavy atom. The highest BCUT2D eigenvalue weighted by molar-refractivity contribution is 8.01. The Hall–Kier alpha value is -1.65. The lowest BCUT2D eigenvalue weighted by Crippen LogP contribution is -2.03. The van der Waals surface area contributed by atoms with Crippen LogP contribution in [0, 0.1) is 13.8 Å². The second-order valence-corrected chi connectivity index (χ2v) is 11.4. The van der Waals surface area contributed by atoms with Crippen LogP contribution in [0.1, 0.15) is 65.1 Å². The maximum atomic E-state index is 13.1. The zero-order valence-corrected chi connectivity index (χ0v) is 21.0. The average molecular weight is 520 g/mol. The molecular formula is C23H25F4NO2S3. The summed E-state index contributed by atoms with van der Waals surface area (Å²) in [7, 11) is 0. The minimum Gasteiger partial charge on any atom is -0.255 e. The first kappa shape index (κ1) is 26.0. The van der Waals surface area contributed by atoms with E-state index in [4.69, 9.17) is 0 Å². The molecule has 1 aromatic carbocycles. The van der Waals surface area contributed by atoms with Gasteiger partial charge >= 0.3 is 12.1 Å². The minimum atomic E-state index is -4.35. The van der Waals surface area contributed by atoms with Gasteiger partial charge < -0.3 is 0 Å². The van der Waals surface area contributed by atoms with Crippen molar-refractivity contribution in [2.24, 2.45) is 0 Å². The molecule has 0 radical (unpaired) electrons. The number of hydrogen-bond donors (Lipinski definition) is 0. The molecule has 2 heterocycles. The number of thioether (sulfide) groups is 1. The van der Waals surface area contributed by atoms with E-state index in [-0.39, 0.29) is 12.3 Å². The molecule has 10 heteroatoms. The molecule has 3 rings (SSSR count). The summed E-state index contributed by atoms with van der Waals surface area (Å²) in [5.74, 6) is 0.105. The van der Waals surface area contributed by atoms with Gasteiger partial charge in [0.25, 0.3) is 0 Å². The summed E-state index contributed by atoms with van der Waals surface area (Å²) >= 11 is 4.41. The molecule has 0 spiro atoms. The fraction of sp³-hybridized carbons (Fsp3) is 0.478. The number of unbranched alkanes of at least 4 members (excludes halogenated alkanes) is 1. The number of carbonyl (C=O) groups excluding carboxylic acids is 1. The van der Waals surface area contributed by atoms with Crippen molar-refractivity contribution in [3.05, 3.63) is 44.8 Å². The van der Waals surface area contributed by atoms with Crippen molar-refractivity contribution in [2.75, 3.05) is 5.75 Å². The van der Waals surface area contributed by atoms with Gasteiger partial charge in [0.15, 0.2) is 0 Å². The lowest BCUT2D eigenvalue weighted by molar-refractivity contribution is -0.182. The van der Waals surface area contributed by atoms with E-state index in [1.165, 1.54) is 28.7 Å². The topological polar surface area (TPSA) is 39.2 Å². The van der Waals surface area contributed by atoms with Crippen LogP contribution >= 0.6 is 34.4 Å². The van der Waals surface area contributed by atoms with E-state index in [0.29, 0.717) is 15.3 Å². The number of hydrogen-bond acceptors (Lipinski definition) is 6. The third kappa shape index (κ3) is 6.48. The van der Waals surface area contributed by atoms with Crippen LogP contribution < -0.4 is 0 Å². The van der Waals surface area contributed by atoms with Gasteiger partial charge in [-0.2, -0.15) is 13.2 Å². The number of halogens is 4. The number of rotatable bonds is 10. The van der Waals surface area contributed by atoms with Crippen molar-refractivity contribution < 1.29 is 27.4 Å². The maximum Gasteiger partial charge on any atom is 0.416 e. The molecule has 2 aromatic heterocycles. The number of carbonyl (C=O) groups is 1. The summed E-state index contributed by atoms with van der Waals surface area (Å²) in [6.45, 7) is 5.90. The van der Waals surface area contributed by atoms with E-state index >= 15 is 0 Å². The first-order chi connectivity index (χ1) is 15.6. The highest BCUT2D eigenvalue weighted by Gasteiger charge is 2.31. The number of benzene rings is 1. The highest BCUT2D eigenvalue weighted by atomic mass is 32.2. The smallest absolute Gasteiger partial charge is 0.255 e. The number of fused-ring (bicyclic) bond motifs is 1. The molecule has 0 saturated carbocycles. The third-order valence-corrected chi connectivity index (χ3v) is 9.29. The molecule has 0 aliphatic heterocycles. The molecule has 33 heavy (non-hydrogen) atoms. The van der Waals surface area contributed by atoms with Crippen LogP contribution in [0.2, 0.25) is 0 Å². The van der Waals surface area contributed by atoms with Gasteiger partial charge in [-0.3, -0.25) is 4.94 Å².